The number of hydrogen-bond donors (Lipinski definition) is 2. The fraction of sp³-hybridized carbons (Fsp3) is 0.500. The van der Waals surface area contributed by atoms with E-state index in [-0.39, 0.29) is 27.5 Å². The van der Waals surface area contributed by atoms with Crippen LogP contribution in [-0.2, 0) is 19.9 Å². The molecule has 1 unspecified atom stereocenters. The first-order valence-corrected chi connectivity index (χ1v) is 9.81. The molecule has 2 rings (SSSR count). The van der Waals surface area contributed by atoms with E-state index >= 15 is 0 Å². The SMILES string of the molecule is CC1(NS(=O)(=O)c2cc(C(=O)O)oc2Br)CCS(=O)(=O)C1. The Labute approximate surface area is 129 Å². The molecular formula is C10H12BrNO7S2. The van der Waals surface area contributed by atoms with Crippen molar-refractivity contribution in [3.8, 4) is 0 Å². The van der Waals surface area contributed by atoms with Gasteiger partial charge in [0.2, 0.25) is 15.8 Å². The van der Waals surface area contributed by atoms with Crippen LogP contribution in [0.3, 0.4) is 0 Å². The number of carboxylic acids is 1. The molecule has 21 heavy (non-hydrogen) atoms. The van der Waals surface area contributed by atoms with Crippen LogP contribution >= 0.6 is 15.9 Å². The van der Waals surface area contributed by atoms with Crippen LogP contribution in [-0.4, -0.2) is 45.0 Å². The van der Waals surface area contributed by atoms with E-state index in [1.54, 1.807) is 0 Å². The molecule has 1 aliphatic heterocycles. The third-order valence-corrected chi connectivity index (χ3v) is 7.44. The molecule has 118 valence electrons. The lowest BCUT2D eigenvalue weighted by Gasteiger charge is -2.23. The van der Waals surface area contributed by atoms with Gasteiger partial charge < -0.3 is 9.52 Å². The van der Waals surface area contributed by atoms with Gasteiger partial charge in [-0.05, 0) is 29.3 Å². The van der Waals surface area contributed by atoms with E-state index in [1.807, 2.05) is 0 Å². The third-order valence-electron chi connectivity index (χ3n) is 3.04. The van der Waals surface area contributed by atoms with E-state index in [0.717, 1.165) is 6.07 Å². The summed E-state index contributed by atoms with van der Waals surface area (Å²) in [7, 11) is -7.40. The number of carbonyl (C=O) groups is 1. The molecule has 0 saturated carbocycles. The van der Waals surface area contributed by atoms with Crippen molar-refractivity contribution in [3.05, 3.63) is 16.5 Å². The van der Waals surface area contributed by atoms with E-state index in [9.17, 15) is 21.6 Å². The predicted octanol–water partition coefficient (Wildman–Crippen LogP) is 0.596. The van der Waals surface area contributed by atoms with E-state index in [2.05, 4.69) is 20.7 Å². The van der Waals surface area contributed by atoms with Gasteiger partial charge in [0.05, 0.1) is 11.5 Å². The molecule has 1 atom stereocenters. The number of rotatable bonds is 4. The highest BCUT2D eigenvalue weighted by Crippen LogP contribution is 2.30. The molecule has 2 N–H and O–H groups in total. The van der Waals surface area contributed by atoms with Crippen LogP contribution in [0.25, 0.3) is 0 Å². The summed E-state index contributed by atoms with van der Waals surface area (Å²) in [6.45, 7) is 1.49. The molecule has 1 aliphatic rings. The molecule has 0 radical (unpaired) electrons. The van der Waals surface area contributed by atoms with Crippen LogP contribution in [0, 0.1) is 0 Å². The van der Waals surface area contributed by atoms with Crippen LogP contribution in [0.5, 0.6) is 0 Å². The normalized spacial score (nSPS) is 25.0. The Bertz CT molecular complexity index is 795. The van der Waals surface area contributed by atoms with Crippen molar-refractivity contribution in [2.75, 3.05) is 11.5 Å². The van der Waals surface area contributed by atoms with Crippen LogP contribution in [0.1, 0.15) is 23.9 Å². The van der Waals surface area contributed by atoms with E-state index < -0.39 is 37.1 Å². The van der Waals surface area contributed by atoms with E-state index in [1.165, 1.54) is 6.92 Å². The summed E-state index contributed by atoms with van der Waals surface area (Å²) in [5, 5.41) is 8.78. The van der Waals surface area contributed by atoms with Gasteiger partial charge in [0.25, 0.3) is 0 Å². The Kier molecular flexibility index (Phi) is 3.98. The molecule has 2 heterocycles. The second-order valence-electron chi connectivity index (χ2n) is 5.06. The number of carboxylic acid groups (broad SMARTS) is 1. The number of furan rings is 1. The molecule has 1 saturated heterocycles. The number of sulfonamides is 1. The van der Waals surface area contributed by atoms with Crippen molar-refractivity contribution >= 4 is 41.8 Å². The van der Waals surface area contributed by atoms with Crippen LogP contribution in [0.4, 0.5) is 0 Å². The van der Waals surface area contributed by atoms with Gasteiger partial charge in [-0.15, -0.1) is 0 Å². The molecule has 1 aromatic rings. The standard InChI is InChI=1S/C10H12BrNO7S2/c1-10(2-3-20(15,16)5-10)12-21(17,18)7-4-6(9(13)14)19-8(7)11/h4,12H,2-3,5H2,1H3,(H,13,14). The lowest BCUT2D eigenvalue weighted by atomic mass is 10.0. The number of aromatic carboxylic acids is 1. The first kappa shape index (κ1) is 16.5. The summed E-state index contributed by atoms with van der Waals surface area (Å²) in [6, 6.07) is 0.863. The molecule has 0 spiro atoms. The minimum atomic E-state index is -4.11. The summed E-state index contributed by atoms with van der Waals surface area (Å²) in [5.41, 5.74) is -1.13. The number of hydrogen-bond acceptors (Lipinski definition) is 6. The lowest BCUT2D eigenvalue weighted by Crippen LogP contribution is -2.46. The molecule has 1 fully saturated rings. The Morgan fingerprint density at radius 3 is 2.57 bits per heavy atom. The first-order valence-electron chi connectivity index (χ1n) is 5.71. The van der Waals surface area contributed by atoms with Crippen LogP contribution < -0.4 is 4.72 Å². The highest BCUT2D eigenvalue weighted by Gasteiger charge is 2.42. The Morgan fingerprint density at radius 1 is 1.52 bits per heavy atom. The molecule has 0 aliphatic carbocycles. The second-order valence-corrected chi connectivity index (χ2v) is 9.62. The highest BCUT2D eigenvalue weighted by atomic mass is 79.9. The second kappa shape index (κ2) is 5.07. The zero-order valence-corrected chi connectivity index (χ0v) is 14.0. The zero-order valence-electron chi connectivity index (χ0n) is 10.8. The minimum Gasteiger partial charge on any atom is -0.475 e. The quantitative estimate of drug-likeness (QED) is 0.754. The largest absolute Gasteiger partial charge is 0.475 e. The topological polar surface area (TPSA) is 131 Å². The van der Waals surface area contributed by atoms with Gasteiger partial charge in [0.1, 0.15) is 4.90 Å². The summed E-state index contributed by atoms with van der Waals surface area (Å²) in [5.74, 6) is -2.35. The molecule has 0 amide bonds. The lowest BCUT2D eigenvalue weighted by molar-refractivity contribution is 0.0661. The van der Waals surface area contributed by atoms with Crippen molar-refractivity contribution in [2.24, 2.45) is 0 Å². The van der Waals surface area contributed by atoms with E-state index in [4.69, 9.17) is 9.52 Å². The maximum absolute atomic E-state index is 12.3. The van der Waals surface area contributed by atoms with Gasteiger partial charge in [-0.3, -0.25) is 0 Å². The fourth-order valence-corrected chi connectivity index (χ4v) is 6.67. The molecule has 1 aromatic heterocycles. The van der Waals surface area contributed by atoms with Crippen LogP contribution in [0.15, 0.2) is 20.0 Å². The van der Waals surface area contributed by atoms with Gasteiger partial charge in [-0.2, -0.15) is 0 Å². The van der Waals surface area contributed by atoms with Crippen molar-refractivity contribution in [1.82, 2.24) is 4.72 Å². The average molecular weight is 402 g/mol. The van der Waals surface area contributed by atoms with Crippen molar-refractivity contribution < 1.29 is 31.2 Å². The Hall–Kier alpha value is -0.910. The summed E-state index contributed by atoms with van der Waals surface area (Å²) in [6.07, 6.45) is 0.149. The molecule has 8 nitrogen and oxygen atoms in total. The smallest absolute Gasteiger partial charge is 0.371 e. The summed E-state index contributed by atoms with van der Waals surface area (Å²) in [4.78, 5) is 10.4. The van der Waals surface area contributed by atoms with E-state index in [0.29, 0.717) is 0 Å². The summed E-state index contributed by atoms with van der Waals surface area (Å²) < 4.78 is 54.4. The first-order chi connectivity index (χ1) is 9.44. The monoisotopic (exact) mass is 401 g/mol. The van der Waals surface area contributed by atoms with Crippen molar-refractivity contribution in [2.45, 2.75) is 23.8 Å². The van der Waals surface area contributed by atoms with Gasteiger partial charge in [0, 0.05) is 11.6 Å². The highest BCUT2D eigenvalue weighted by molar-refractivity contribution is 9.10. The molecule has 0 bridgehead atoms. The number of sulfone groups is 1. The zero-order chi connectivity index (χ0) is 16.1. The number of halogens is 1. The molecule has 11 heteroatoms. The van der Waals surface area contributed by atoms with Crippen molar-refractivity contribution in [3.63, 3.8) is 0 Å². The average Bonchev–Trinajstić information content (AvgIpc) is 2.79. The Morgan fingerprint density at radius 2 is 2.14 bits per heavy atom. The van der Waals surface area contributed by atoms with Crippen LogP contribution in [0.2, 0.25) is 0 Å². The predicted molar refractivity (Wildman–Crippen MR) is 75.4 cm³/mol. The maximum Gasteiger partial charge on any atom is 0.371 e. The van der Waals surface area contributed by atoms with Gasteiger partial charge in [0.15, 0.2) is 14.5 Å². The van der Waals surface area contributed by atoms with Gasteiger partial charge in [-0.1, -0.05) is 0 Å². The summed E-state index contributed by atoms with van der Waals surface area (Å²) >= 11 is 2.84. The third kappa shape index (κ3) is 3.47. The van der Waals surface area contributed by atoms with Gasteiger partial charge >= 0.3 is 5.97 Å². The molecule has 0 aromatic carbocycles. The Balaban J connectivity index is 2.33. The maximum atomic E-state index is 12.3. The number of nitrogens with one attached hydrogen (secondary N) is 1. The van der Waals surface area contributed by atoms with Gasteiger partial charge in [-0.25, -0.2) is 26.4 Å². The van der Waals surface area contributed by atoms with Crippen molar-refractivity contribution in [1.29, 1.82) is 0 Å². The fourth-order valence-electron chi connectivity index (χ4n) is 2.11. The molecular weight excluding hydrogens is 390 g/mol. The minimum absolute atomic E-state index is 0.0983.